The third kappa shape index (κ3) is 3.70. The quantitative estimate of drug-likeness (QED) is 0.870. The molecule has 2 rings (SSSR count). The number of rotatable bonds is 4. The summed E-state index contributed by atoms with van der Waals surface area (Å²) < 4.78 is 26.5. The van der Waals surface area contributed by atoms with Gasteiger partial charge in [0.1, 0.15) is 16.2 Å². The van der Waals surface area contributed by atoms with Crippen LogP contribution in [-0.2, 0) is 13.0 Å². The summed E-state index contributed by atoms with van der Waals surface area (Å²) in [6.45, 7) is 2.32. The first-order valence-corrected chi connectivity index (χ1v) is 6.59. The number of aryl methyl sites for hydroxylation is 1. The Morgan fingerprint density at radius 1 is 1.16 bits per heavy atom. The van der Waals surface area contributed by atoms with Crippen molar-refractivity contribution in [3.8, 4) is 0 Å². The topological polar surface area (TPSA) is 37.8 Å². The van der Waals surface area contributed by atoms with Crippen molar-refractivity contribution in [2.24, 2.45) is 0 Å². The molecule has 0 amide bonds. The maximum Gasteiger partial charge on any atom is 0.159 e. The van der Waals surface area contributed by atoms with Crippen LogP contribution in [0.4, 0.5) is 14.6 Å². The molecule has 100 valence electrons. The minimum absolute atomic E-state index is 0.365. The van der Waals surface area contributed by atoms with Crippen LogP contribution < -0.4 is 5.32 Å². The number of anilines is 1. The Kier molecular flexibility index (Phi) is 4.42. The van der Waals surface area contributed by atoms with Crippen LogP contribution >= 0.6 is 15.9 Å². The molecule has 0 saturated carbocycles. The van der Waals surface area contributed by atoms with Crippen LogP contribution in [0.15, 0.2) is 28.9 Å². The van der Waals surface area contributed by atoms with Crippen LogP contribution in [0.3, 0.4) is 0 Å². The van der Waals surface area contributed by atoms with Crippen molar-refractivity contribution in [2.75, 3.05) is 5.32 Å². The summed E-state index contributed by atoms with van der Waals surface area (Å²) in [5.41, 5.74) is 0.645. The number of halogens is 3. The van der Waals surface area contributed by atoms with Gasteiger partial charge in [-0.05, 0) is 33.6 Å². The zero-order valence-corrected chi connectivity index (χ0v) is 11.8. The highest BCUT2D eigenvalue weighted by Gasteiger charge is 2.04. The third-order valence-corrected chi connectivity index (χ3v) is 2.92. The second kappa shape index (κ2) is 6.06. The minimum Gasteiger partial charge on any atom is -0.366 e. The van der Waals surface area contributed by atoms with Crippen LogP contribution in [0.25, 0.3) is 0 Å². The van der Waals surface area contributed by atoms with Gasteiger partial charge in [-0.1, -0.05) is 13.0 Å². The van der Waals surface area contributed by atoms with E-state index in [1.807, 2.05) is 6.92 Å². The van der Waals surface area contributed by atoms with Gasteiger partial charge in [0, 0.05) is 19.0 Å². The van der Waals surface area contributed by atoms with Crippen LogP contribution in [0.2, 0.25) is 0 Å². The molecule has 0 saturated heterocycles. The molecule has 1 aromatic heterocycles. The SMILES string of the molecule is CCc1nc(Br)cc(NCc2ccc(F)c(F)c2)n1. The first-order valence-electron chi connectivity index (χ1n) is 5.79. The maximum atomic E-state index is 13.1. The molecule has 0 bridgehead atoms. The van der Waals surface area contributed by atoms with Gasteiger partial charge in [-0.25, -0.2) is 18.7 Å². The number of benzene rings is 1. The molecule has 0 spiro atoms. The standard InChI is InChI=1S/C13H12BrF2N3/c1-2-12-18-11(14)6-13(19-12)17-7-8-3-4-9(15)10(16)5-8/h3-6H,2,7H2,1H3,(H,17,18,19). The van der Waals surface area contributed by atoms with Gasteiger partial charge < -0.3 is 5.32 Å². The predicted molar refractivity (Wildman–Crippen MR) is 72.8 cm³/mol. The van der Waals surface area contributed by atoms with E-state index in [4.69, 9.17) is 0 Å². The number of nitrogens with one attached hydrogen (secondary N) is 1. The number of hydrogen-bond acceptors (Lipinski definition) is 3. The van der Waals surface area contributed by atoms with E-state index in [1.165, 1.54) is 12.1 Å². The molecule has 0 fully saturated rings. The lowest BCUT2D eigenvalue weighted by molar-refractivity contribution is 0.507. The molecule has 1 heterocycles. The van der Waals surface area contributed by atoms with Crippen molar-refractivity contribution in [2.45, 2.75) is 19.9 Å². The summed E-state index contributed by atoms with van der Waals surface area (Å²) >= 11 is 3.30. The predicted octanol–water partition coefficient (Wildman–Crippen LogP) is 3.69. The minimum atomic E-state index is -0.850. The van der Waals surface area contributed by atoms with Crippen molar-refractivity contribution in [1.29, 1.82) is 0 Å². The summed E-state index contributed by atoms with van der Waals surface area (Å²) in [6.07, 6.45) is 0.722. The average Bonchev–Trinajstić information content (AvgIpc) is 2.39. The highest BCUT2D eigenvalue weighted by Crippen LogP contribution is 2.15. The summed E-state index contributed by atoms with van der Waals surface area (Å²) in [5.74, 6) is -0.343. The molecule has 1 aromatic carbocycles. The Morgan fingerprint density at radius 2 is 1.95 bits per heavy atom. The fourth-order valence-corrected chi connectivity index (χ4v) is 1.98. The van der Waals surface area contributed by atoms with Gasteiger partial charge in [-0.15, -0.1) is 0 Å². The van der Waals surface area contributed by atoms with Gasteiger partial charge in [0.2, 0.25) is 0 Å². The summed E-state index contributed by atoms with van der Waals surface area (Å²) in [4.78, 5) is 8.48. The molecule has 0 atom stereocenters. The van der Waals surface area contributed by atoms with Gasteiger partial charge in [0.15, 0.2) is 11.6 Å². The Hall–Kier alpha value is -1.56. The fourth-order valence-electron chi connectivity index (χ4n) is 1.56. The highest BCUT2D eigenvalue weighted by molar-refractivity contribution is 9.10. The highest BCUT2D eigenvalue weighted by atomic mass is 79.9. The van der Waals surface area contributed by atoms with Crippen molar-refractivity contribution in [1.82, 2.24) is 9.97 Å². The van der Waals surface area contributed by atoms with E-state index in [1.54, 1.807) is 6.07 Å². The molecule has 1 N–H and O–H groups in total. The first-order chi connectivity index (χ1) is 9.08. The lowest BCUT2D eigenvalue weighted by Gasteiger charge is -2.07. The Morgan fingerprint density at radius 3 is 2.63 bits per heavy atom. The zero-order valence-electron chi connectivity index (χ0n) is 10.3. The molecular weight excluding hydrogens is 316 g/mol. The molecule has 0 aliphatic carbocycles. The summed E-state index contributed by atoms with van der Waals surface area (Å²) in [5, 5.41) is 3.05. The molecule has 3 nitrogen and oxygen atoms in total. The van der Waals surface area contributed by atoms with Crippen LogP contribution in [-0.4, -0.2) is 9.97 Å². The summed E-state index contributed by atoms with van der Waals surface area (Å²) in [6, 6.07) is 5.54. The molecule has 0 aliphatic rings. The number of aromatic nitrogens is 2. The zero-order chi connectivity index (χ0) is 13.8. The molecule has 19 heavy (non-hydrogen) atoms. The fraction of sp³-hybridized carbons (Fsp3) is 0.231. The van der Waals surface area contributed by atoms with E-state index >= 15 is 0 Å². The molecule has 0 aliphatic heterocycles. The van der Waals surface area contributed by atoms with E-state index in [-0.39, 0.29) is 0 Å². The van der Waals surface area contributed by atoms with E-state index in [2.05, 4.69) is 31.2 Å². The third-order valence-electron chi connectivity index (χ3n) is 2.52. The summed E-state index contributed by atoms with van der Waals surface area (Å²) in [7, 11) is 0. The van der Waals surface area contributed by atoms with Crippen molar-refractivity contribution >= 4 is 21.7 Å². The smallest absolute Gasteiger partial charge is 0.159 e. The molecule has 6 heteroatoms. The van der Waals surface area contributed by atoms with Crippen LogP contribution in [0.1, 0.15) is 18.3 Å². The van der Waals surface area contributed by atoms with E-state index in [0.717, 1.165) is 12.5 Å². The lowest BCUT2D eigenvalue weighted by Crippen LogP contribution is -2.05. The Balaban J connectivity index is 2.09. The van der Waals surface area contributed by atoms with Gasteiger partial charge >= 0.3 is 0 Å². The number of hydrogen-bond donors (Lipinski definition) is 1. The monoisotopic (exact) mass is 327 g/mol. The Labute approximate surface area is 118 Å². The molecular formula is C13H12BrF2N3. The second-order valence-corrected chi connectivity index (χ2v) is 4.76. The molecule has 0 radical (unpaired) electrons. The van der Waals surface area contributed by atoms with E-state index in [0.29, 0.717) is 28.4 Å². The van der Waals surface area contributed by atoms with E-state index < -0.39 is 11.6 Å². The van der Waals surface area contributed by atoms with Crippen LogP contribution in [0, 0.1) is 11.6 Å². The first kappa shape index (κ1) is 13.9. The molecule has 0 unspecified atom stereocenters. The van der Waals surface area contributed by atoms with Crippen LogP contribution in [0.5, 0.6) is 0 Å². The maximum absolute atomic E-state index is 13.1. The van der Waals surface area contributed by atoms with Gasteiger partial charge in [-0.2, -0.15) is 0 Å². The Bertz CT molecular complexity index is 590. The van der Waals surface area contributed by atoms with Crippen molar-refractivity contribution in [3.05, 3.63) is 51.9 Å². The molecule has 2 aromatic rings. The van der Waals surface area contributed by atoms with Gasteiger partial charge in [0.05, 0.1) is 0 Å². The second-order valence-electron chi connectivity index (χ2n) is 3.95. The largest absolute Gasteiger partial charge is 0.366 e. The van der Waals surface area contributed by atoms with E-state index in [9.17, 15) is 8.78 Å². The number of nitrogens with zero attached hydrogens (tertiary/aromatic N) is 2. The lowest BCUT2D eigenvalue weighted by atomic mass is 10.2. The average molecular weight is 328 g/mol. The van der Waals surface area contributed by atoms with Gasteiger partial charge in [-0.3, -0.25) is 0 Å². The van der Waals surface area contributed by atoms with Gasteiger partial charge in [0.25, 0.3) is 0 Å². The normalized spacial score (nSPS) is 10.5. The van der Waals surface area contributed by atoms with Crippen molar-refractivity contribution in [3.63, 3.8) is 0 Å². The van der Waals surface area contributed by atoms with Crippen molar-refractivity contribution < 1.29 is 8.78 Å².